The number of benzene rings is 3. The molecule has 0 bridgehead atoms. The van der Waals surface area contributed by atoms with Crippen LogP contribution < -0.4 is 9.62 Å². The molecule has 1 fully saturated rings. The number of carbonyl (C=O) groups excluding carboxylic acids is 1. The van der Waals surface area contributed by atoms with E-state index in [4.69, 9.17) is 4.74 Å². The standard InChI is InChI=1S/C27H31N3O4S/c1-21-9-11-26(12-10-21)35(32,33)29(2)25-8-4-7-24(18-25)27(31)28-19-22-5-3-6-23(17-22)20-30-13-15-34-16-14-30/h3-12,17-18H,13-16,19-20H2,1-2H3,(H,28,31). The van der Waals surface area contributed by atoms with Crippen LogP contribution in [0.5, 0.6) is 0 Å². The summed E-state index contributed by atoms with van der Waals surface area (Å²) in [5, 5.41) is 2.95. The summed E-state index contributed by atoms with van der Waals surface area (Å²) in [7, 11) is -2.24. The lowest BCUT2D eigenvalue weighted by Crippen LogP contribution is -2.35. The fourth-order valence-corrected chi connectivity index (χ4v) is 5.18. The number of morpholine rings is 1. The van der Waals surface area contributed by atoms with Gasteiger partial charge in [-0.15, -0.1) is 0 Å². The van der Waals surface area contributed by atoms with Crippen molar-refractivity contribution in [3.8, 4) is 0 Å². The van der Waals surface area contributed by atoms with E-state index in [0.717, 1.165) is 44.0 Å². The van der Waals surface area contributed by atoms with Gasteiger partial charge in [0.25, 0.3) is 15.9 Å². The summed E-state index contributed by atoms with van der Waals surface area (Å²) in [6.45, 7) is 6.51. The molecule has 1 N–H and O–H groups in total. The van der Waals surface area contributed by atoms with Gasteiger partial charge in [0.2, 0.25) is 0 Å². The summed E-state index contributed by atoms with van der Waals surface area (Å²) in [6.07, 6.45) is 0. The first-order valence-electron chi connectivity index (χ1n) is 11.6. The summed E-state index contributed by atoms with van der Waals surface area (Å²) in [6, 6.07) is 21.5. The van der Waals surface area contributed by atoms with Crippen molar-refractivity contribution in [1.82, 2.24) is 10.2 Å². The minimum atomic E-state index is -3.73. The van der Waals surface area contributed by atoms with Crippen molar-refractivity contribution < 1.29 is 17.9 Å². The van der Waals surface area contributed by atoms with E-state index in [1.54, 1.807) is 48.5 Å². The first kappa shape index (κ1) is 24.9. The number of sulfonamides is 1. The van der Waals surface area contributed by atoms with Gasteiger partial charge in [-0.3, -0.25) is 14.0 Å². The summed E-state index contributed by atoms with van der Waals surface area (Å²) < 4.78 is 32.7. The number of rotatable bonds is 8. The van der Waals surface area contributed by atoms with Crippen LogP contribution in [0.2, 0.25) is 0 Å². The maximum absolute atomic E-state index is 13.0. The SMILES string of the molecule is Cc1ccc(S(=O)(=O)N(C)c2cccc(C(=O)NCc3cccc(CN4CCOCC4)c3)c2)cc1. The molecule has 3 aromatic carbocycles. The molecule has 3 aromatic rings. The number of anilines is 1. The topological polar surface area (TPSA) is 79.0 Å². The highest BCUT2D eigenvalue weighted by Crippen LogP contribution is 2.23. The molecule has 1 amide bonds. The van der Waals surface area contributed by atoms with Crippen molar-refractivity contribution in [2.75, 3.05) is 37.7 Å². The van der Waals surface area contributed by atoms with Crippen LogP contribution in [-0.2, 0) is 27.8 Å². The predicted octanol–water partition coefficient (Wildman–Crippen LogP) is 3.58. The molecule has 1 heterocycles. The molecule has 0 aliphatic carbocycles. The molecule has 4 rings (SSSR count). The molecule has 1 saturated heterocycles. The summed E-state index contributed by atoms with van der Waals surface area (Å²) in [5.74, 6) is -0.258. The van der Waals surface area contributed by atoms with Crippen LogP contribution in [-0.4, -0.2) is 52.6 Å². The first-order valence-corrected chi connectivity index (χ1v) is 13.1. The molecule has 1 aliphatic rings. The Morgan fingerprint density at radius 2 is 1.66 bits per heavy atom. The number of hydrogen-bond donors (Lipinski definition) is 1. The third kappa shape index (κ3) is 6.28. The Kier molecular flexibility index (Phi) is 7.85. The van der Waals surface area contributed by atoms with E-state index in [1.165, 1.54) is 16.9 Å². The molecule has 7 nitrogen and oxygen atoms in total. The third-order valence-electron chi connectivity index (χ3n) is 6.11. The zero-order valence-corrected chi connectivity index (χ0v) is 20.9. The van der Waals surface area contributed by atoms with Gasteiger partial charge in [0.1, 0.15) is 0 Å². The molecule has 0 saturated carbocycles. The minimum Gasteiger partial charge on any atom is -0.379 e. The molecule has 8 heteroatoms. The molecular formula is C27H31N3O4S. The molecule has 1 aliphatic heterocycles. The number of aryl methyl sites for hydroxylation is 1. The number of amides is 1. The largest absolute Gasteiger partial charge is 0.379 e. The molecule has 0 atom stereocenters. The highest BCUT2D eigenvalue weighted by Gasteiger charge is 2.22. The van der Waals surface area contributed by atoms with Gasteiger partial charge in [-0.1, -0.05) is 48.0 Å². The van der Waals surface area contributed by atoms with Gasteiger partial charge >= 0.3 is 0 Å². The Labute approximate surface area is 207 Å². The van der Waals surface area contributed by atoms with Gasteiger partial charge < -0.3 is 10.1 Å². The second kappa shape index (κ2) is 11.0. The van der Waals surface area contributed by atoms with Crippen molar-refractivity contribution in [3.63, 3.8) is 0 Å². The average molecular weight is 494 g/mol. The van der Waals surface area contributed by atoms with Gasteiger partial charge in [0, 0.05) is 38.8 Å². The van der Waals surface area contributed by atoms with Crippen molar-refractivity contribution in [1.29, 1.82) is 0 Å². The Hall–Kier alpha value is -3.20. The van der Waals surface area contributed by atoms with Crippen LogP contribution in [0.3, 0.4) is 0 Å². The fourth-order valence-electron chi connectivity index (χ4n) is 3.99. The normalized spacial score (nSPS) is 14.5. The Balaban J connectivity index is 1.41. The van der Waals surface area contributed by atoms with Crippen LogP contribution in [0.4, 0.5) is 5.69 Å². The lowest BCUT2D eigenvalue weighted by molar-refractivity contribution is 0.0342. The molecule has 184 valence electrons. The van der Waals surface area contributed by atoms with Gasteiger partial charge in [-0.25, -0.2) is 8.42 Å². The number of nitrogens with zero attached hydrogens (tertiary/aromatic N) is 2. The molecule has 35 heavy (non-hydrogen) atoms. The van der Waals surface area contributed by atoms with Crippen LogP contribution >= 0.6 is 0 Å². The summed E-state index contributed by atoms with van der Waals surface area (Å²) >= 11 is 0. The van der Waals surface area contributed by atoms with Crippen molar-refractivity contribution >= 4 is 21.6 Å². The van der Waals surface area contributed by atoms with E-state index in [1.807, 2.05) is 19.1 Å². The second-order valence-electron chi connectivity index (χ2n) is 8.73. The monoisotopic (exact) mass is 493 g/mol. The van der Waals surface area contributed by atoms with Gasteiger partial charge in [-0.2, -0.15) is 0 Å². The van der Waals surface area contributed by atoms with Crippen LogP contribution in [0.15, 0.2) is 77.7 Å². The molecular weight excluding hydrogens is 462 g/mol. The predicted molar refractivity (Wildman–Crippen MR) is 137 cm³/mol. The zero-order valence-electron chi connectivity index (χ0n) is 20.1. The molecule has 0 unspecified atom stereocenters. The van der Waals surface area contributed by atoms with E-state index < -0.39 is 10.0 Å². The maximum Gasteiger partial charge on any atom is 0.264 e. The van der Waals surface area contributed by atoms with Crippen molar-refractivity contribution in [2.45, 2.75) is 24.9 Å². The third-order valence-corrected chi connectivity index (χ3v) is 7.91. The van der Waals surface area contributed by atoms with Crippen LogP contribution in [0.25, 0.3) is 0 Å². The minimum absolute atomic E-state index is 0.206. The van der Waals surface area contributed by atoms with Crippen molar-refractivity contribution in [3.05, 3.63) is 95.1 Å². The summed E-state index contributed by atoms with van der Waals surface area (Å²) in [5.41, 5.74) is 4.02. The van der Waals surface area contributed by atoms with Gasteiger partial charge in [0.15, 0.2) is 0 Å². The van der Waals surface area contributed by atoms with Crippen LogP contribution in [0, 0.1) is 6.92 Å². The highest BCUT2D eigenvalue weighted by atomic mass is 32.2. The second-order valence-corrected chi connectivity index (χ2v) is 10.7. The fraction of sp³-hybridized carbons (Fsp3) is 0.296. The number of carbonyl (C=O) groups is 1. The Bertz CT molecular complexity index is 1270. The Morgan fingerprint density at radius 1 is 0.971 bits per heavy atom. The molecule has 0 spiro atoms. The number of nitrogens with one attached hydrogen (secondary N) is 1. The lowest BCUT2D eigenvalue weighted by Gasteiger charge is -2.26. The highest BCUT2D eigenvalue weighted by molar-refractivity contribution is 7.92. The Morgan fingerprint density at radius 3 is 2.40 bits per heavy atom. The number of hydrogen-bond acceptors (Lipinski definition) is 5. The van der Waals surface area contributed by atoms with E-state index in [0.29, 0.717) is 17.8 Å². The molecule has 0 radical (unpaired) electrons. The van der Waals surface area contributed by atoms with E-state index in [9.17, 15) is 13.2 Å². The lowest BCUT2D eigenvalue weighted by atomic mass is 10.1. The maximum atomic E-state index is 13.0. The van der Waals surface area contributed by atoms with Gasteiger partial charge in [-0.05, 0) is 48.4 Å². The van der Waals surface area contributed by atoms with E-state index in [-0.39, 0.29) is 10.8 Å². The summed E-state index contributed by atoms with van der Waals surface area (Å²) in [4.78, 5) is 15.4. The zero-order chi connectivity index (χ0) is 24.8. The number of ether oxygens (including phenoxy) is 1. The average Bonchev–Trinajstić information content (AvgIpc) is 2.88. The van der Waals surface area contributed by atoms with E-state index in [2.05, 4.69) is 22.3 Å². The van der Waals surface area contributed by atoms with Crippen molar-refractivity contribution in [2.24, 2.45) is 0 Å². The smallest absolute Gasteiger partial charge is 0.264 e. The first-order chi connectivity index (χ1) is 16.8. The quantitative estimate of drug-likeness (QED) is 0.519. The molecule has 0 aromatic heterocycles. The van der Waals surface area contributed by atoms with Crippen LogP contribution in [0.1, 0.15) is 27.0 Å². The van der Waals surface area contributed by atoms with E-state index >= 15 is 0 Å². The van der Waals surface area contributed by atoms with Gasteiger partial charge in [0.05, 0.1) is 23.8 Å².